The number of fused-ring (bicyclic) bond motifs is 1. The number of hydrogen-bond acceptors (Lipinski definition) is 4. The zero-order valence-corrected chi connectivity index (χ0v) is 14.8. The lowest BCUT2D eigenvalue weighted by Crippen LogP contribution is -2.39. The van der Waals surface area contributed by atoms with Crippen LogP contribution in [0.3, 0.4) is 0 Å². The number of Topliss-reactive ketones (excluding diaryl/α,β-unsaturated/α-hetero) is 1. The van der Waals surface area contributed by atoms with Gasteiger partial charge in [0.05, 0.1) is 11.1 Å². The molecule has 1 aliphatic heterocycles. The smallest absolute Gasteiger partial charge is 0.336 e. The van der Waals surface area contributed by atoms with Crippen LogP contribution in [0.1, 0.15) is 33.6 Å². The molecule has 3 aromatic rings. The van der Waals surface area contributed by atoms with Crippen molar-refractivity contribution >= 4 is 28.5 Å². The quantitative estimate of drug-likeness (QED) is 0.711. The van der Waals surface area contributed by atoms with E-state index in [1.807, 2.05) is 53.4 Å². The molecule has 1 atom stereocenters. The predicted octanol–water partition coefficient (Wildman–Crippen LogP) is 4.03. The Morgan fingerprint density at radius 2 is 1.78 bits per heavy atom. The molecule has 4 rings (SSSR count). The second kappa shape index (κ2) is 7.19. The standard InChI is InChI=1S/C22H20N2O3/c25-21(15-7-2-1-3-8-15)16-9-6-12-24(14-16)20-13-18(22(26)27)17-10-4-5-11-19(17)23-20/h1-5,7-8,10-11,13,16H,6,9,12,14H2,(H,26,27)/t16-/m1/s1. The Bertz CT molecular complexity index is 1000. The molecule has 0 unspecified atom stereocenters. The monoisotopic (exact) mass is 360 g/mol. The van der Waals surface area contributed by atoms with E-state index in [-0.39, 0.29) is 17.3 Å². The first-order chi connectivity index (χ1) is 13.1. The highest BCUT2D eigenvalue weighted by Crippen LogP contribution is 2.28. The average Bonchev–Trinajstić information content (AvgIpc) is 2.73. The van der Waals surface area contributed by atoms with Crippen molar-refractivity contribution in [1.29, 1.82) is 0 Å². The lowest BCUT2D eigenvalue weighted by atomic mass is 9.90. The summed E-state index contributed by atoms with van der Waals surface area (Å²) in [7, 11) is 0. The van der Waals surface area contributed by atoms with Gasteiger partial charge in [0.25, 0.3) is 0 Å². The van der Waals surface area contributed by atoms with E-state index in [0.29, 0.717) is 23.3 Å². The summed E-state index contributed by atoms with van der Waals surface area (Å²) in [4.78, 5) is 31.2. The molecule has 2 aromatic carbocycles. The lowest BCUT2D eigenvalue weighted by Gasteiger charge is -2.33. The summed E-state index contributed by atoms with van der Waals surface area (Å²) >= 11 is 0. The topological polar surface area (TPSA) is 70.5 Å². The largest absolute Gasteiger partial charge is 0.478 e. The predicted molar refractivity (Wildman–Crippen MR) is 104 cm³/mol. The Morgan fingerprint density at radius 3 is 2.56 bits per heavy atom. The summed E-state index contributed by atoms with van der Waals surface area (Å²) < 4.78 is 0. The molecule has 1 aliphatic rings. The first-order valence-electron chi connectivity index (χ1n) is 9.11. The molecule has 2 heterocycles. The lowest BCUT2D eigenvalue weighted by molar-refractivity contribution is 0.0698. The maximum atomic E-state index is 12.8. The van der Waals surface area contributed by atoms with E-state index in [4.69, 9.17) is 0 Å². The Kier molecular flexibility index (Phi) is 4.59. The minimum Gasteiger partial charge on any atom is -0.478 e. The number of hydrogen-bond donors (Lipinski definition) is 1. The van der Waals surface area contributed by atoms with Crippen molar-refractivity contribution < 1.29 is 14.7 Å². The molecule has 5 nitrogen and oxygen atoms in total. The Labute approximate surface area is 157 Å². The summed E-state index contributed by atoms with van der Waals surface area (Å²) in [6.07, 6.45) is 1.71. The SMILES string of the molecule is O=C(O)c1cc(N2CCC[C@@H](C(=O)c3ccccc3)C2)nc2ccccc12. The molecule has 5 heteroatoms. The van der Waals surface area contributed by atoms with E-state index < -0.39 is 5.97 Å². The van der Waals surface area contributed by atoms with Crippen molar-refractivity contribution in [3.8, 4) is 0 Å². The van der Waals surface area contributed by atoms with Gasteiger partial charge in [0.2, 0.25) is 0 Å². The summed E-state index contributed by atoms with van der Waals surface area (Å²) in [5.74, 6) is -0.317. The number of carboxylic acid groups (broad SMARTS) is 1. The first kappa shape index (κ1) is 17.2. The zero-order valence-electron chi connectivity index (χ0n) is 14.8. The number of anilines is 1. The minimum absolute atomic E-state index is 0.109. The van der Waals surface area contributed by atoms with Crippen molar-refractivity contribution in [2.75, 3.05) is 18.0 Å². The van der Waals surface area contributed by atoms with E-state index in [1.54, 1.807) is 12.1 Å². The molecule has 0 spiro atoms. The maximum absolute atomic E-state index is 12.8. The average molecular weight is 360 g/mol. The number of carbonyl (C=O) groups is 2. The molecule has 0 radical (unpaired) electrons. The highest BCUT2D eigenvalue weighted by molar-refractivity contribution is 6.03. The van der Waals surface area contributed by atoms with Gasteiger partial charge in [0, 0.05) is 30.0 Å². The van der Waals surface area contributed by atoms with Gasteiger partial charge < -0.3 is 10.0 Å². The fourth-order valence-electron chi connectivity index (χ4n) is 3.74. The van der Waals surface area contributed by atoms with Crippen LogP contribution in [-0.4, -0.2) is 34.9 Å². The van der Waals surface area contributed by atoms with Gasteiger partial charge in [-0.3, -0.25) is 4.79 Å². The van der Waals surface area contributed by atoms with Gasteiger partial charge in [0.1, 0.15) is 5.82 Å². The molecule has 0 aliphatic carbocycles. The van der Waals surface area contributed by atoms with E-state index in [2.05, 4.69) is 4.98 Å². The Morgan fingerprint density at radius 1 is 1.04 bits per heavy atom. The number of aromatic nitrogens is 1. The summed E-state index contributed by atoms with van der Waals surface area (Å²) in [6.45, 7) is 1.32. The molecule has 0 saturated carbocycles. The van der Waals surface area contributed by atoms with E-state index in [0.717, 1.165) is 24.9 Å². The molecule has 1 aromatic heterocycles. The van der Waals surface area contributed by atoms with E-state index in [1.165, 1.54) is 0 Å². The third-order valence-electron chi connectivity index (χ3n) is 5.11. The van der Waals surface area contributed by atoms with Crippen LogP contribution in [0.4, 0.5) is 5.82 Å². The van der Waals surface area contributed by atoms with Gasteiger partial charge in [-0.2, -0.15) is 0 Å². The number of carboxylic acids is 1. The summed E-state index contributed by atoms with van der Waals surface area (Å²) in [5.41, 5.74) is 1.62. The first-order valence-corrected chi connectivity index (χ1v) is 9.11. The van der Waals surface area contributed by atoms with Crippen LogP contribution < -0.4 is 4.90 Å². The number of piperidine rings is 1. The number of aromatic carboxylic acids is 1. The van der Waals surface area contributed by atoms with E-state index >= 15 is 0 Å². The Balaban J connectivity index is 1.65. The number of ketones is 1. The third-order valence-corrected chi connectivity index (χ3v) is 5.11. The highest BCUT2D eigenvalue weighted by Gasteiger charge is 2.28. The summed E-state index contributed by atoms with van der Waals surface area (Å²) in [6, 6.07) is 18.2. The van der Waals surface area contributed by atoms with Crippen LogP contribution in [-0.2, 0) is 0 Å². The van der Waals surface area contributed by atoms with Crippen LogP contribution in [0.2, 0.25) is 0 Å². The number of para-hydroxylation sites is 1. The van der Waals surface area contributed by atoms with Crippen LogP contribution in [0, 0.1) is 5.92 Å². The van der Waals surface area contributed by atoms with Gasteiger partial charge in [-0.05, 0) is 25.0 Å². The van der Waals surface area contributed by atoms with Crippen molar-refractivity contribution in [1.82, 2.24) is 4.98 Å². The molecule has 136 valence electrons. The van der Waals surface area contributed by atoms with Gasteiger partial charge in [0.15, 0.2) is 5.78 Å². The van der Waals surface area contributed by atoms with Crippen LogP contribution >= 0.6 is 0 Å². The van der Waals surface area contributed by atoms with Crippen molar-refractivity contribution in [3.63, 3.8) is 0 Å². The Hall–Kier alpha value is -3.21. The molecular weight excluding hydrogens is 340 g/mol. The fraction of sp³-hybridized carbons (Fsp3) is 0.227. The van der Waals surface area contributed by atoms with Gasteiger partial charge in [-0.15, -0.1) is 0 Å². The van der Waals surface area contributed by atoms with Gasteiger partial charge >= 0.3 is 5.97 Å². The second-order valence-corrected chi connectivity index (χ2v) is 6.87. The molecule has 1 saturated heterocycles. The maximum Gasteiger partial charge on any atom is 0.336 e. The van der Waals surface area contributed by atoms with Gasteiger partial charge in [-0.1, -0.05) is 48.5 Å². The van der Waals surface area contributed by atoms with E-state index in [9.17, 15) is 14.7 Å². The molecule has 0 amide bonds. The minimum atomic E-state index is -0.969. The number of pyridine rings is 1. The second-order valence-electron chi connectivity index (χ2n) is 6.87. The molecular formula is C22H20N2O3. The number of carbonyl (C=O) groups excluding carboxylic acids is 1. The molecule has 1 N–H and O–H groups in total. The number of nitrogens with zero attached hydrogens (tertiary/aromatic N) is 2. The highest BCUT2D eigenvalue weighted by atomic mass is 16.4. The number of rotatable bonds is 4. The molecule has 27 heavy (non-hydrogen) atoms. The fourth-order valence-corrected chi connectivity index (χ4v) is 3.74. The molecule has 0 bridgehead atoms. The van der Waals surface area contributed by atoms with Crippen molar-refractivity contribution in [2.45, 2.75) is 12.8 Å². The van der Waals surface area contributed by atoms with Crippen molar-refractivity contribution in [3.05, 3.63) is 71.8 Å². The molecule has 1 fully saturated rings. The van der Waals surface area contributed by atoms with Crippen LogP contribution in [0.25, 0.3) is 10.9 Å². The van der Waals surface area contributed by atoms with Crippen LogP contribution in [0.5, 0.6) is 0 Å². The van der Waals surface area contributed by atoms with Crippen molar-refractivity contribution in [2.24, 2.45) is 5.92 Å². The number of benzene rings is 2. The van der Waals surface area contributed by atoms with Gasteiger partial charge in [-0.25, -0.2) is 9.78 Å². The third kappa shape index (κ3) is 3.40. The summed E-state index contributed by atoms with van der Waals surface area (Å²) in [5, 5.41) is 10.2. The van der Waals surface area contributed by atoms with Crippen LogP contribution in [0.15, 0.2) is 60.7 Å². The zero-order chi connectivity index (χ0) is 18.8. The normalized spacial score (nSPS) is 17.0.